The lowest BCUT2D eigenvalue weighted by Gasteiger charge is -2.06. The Morgan fingerprint density at radius 2 is 1.88 bits per heavy atom. The molecule has 0 saturated carbocycles. The van der Waals surface area contributed by atoms with E-state index in [0.29, 0.717) is 11.8 Å². The summed E-state index contributed by atoms with van der Waals surface area (Å²) in [5.41, 5.74) is 2.12. The smallest absolute Gasteiger partial charge is 0.213 e. The van der Waals surface area contributed by atoms with Gasteiger partial charge in [-0.2, -0.15) is 5.10 Å². The van der Waals surface area contributed by atoms with Crippen molar-refractivity contribution in [3.8, 4) is 5.88 Å². The highest BCUT2D eigenvalue weighted by Gasteiger charge is 2.18. The summed E-state index contributed by atoms with van der Waals surface area (Å²) in [6.45, 7) is 10.6. The Morgan fingerprint density at radius 1 is 1.25 bits per heavy atom. The van der Waals surface area contributed by atoms with E-state index in [9.17, 15) is 5.11 Å². The molecular formula is C13H24N2O. The first kappa shape index (κ1) is 13.1. The molecular weight excluding hydrogens is 200 g/mol. The van der Waals surface area contributed by atoms with Crippen molar-refractivity contribution >= 4 is 0 Å². The summed E-state index contributed by atoms with van der Waals surface area (Å²) in [4.78, 5) is 0. The molecule has 0 aliphatic rings. The molecule has 92 valence electrons. The molecule has 3 nitrogen and oxygen atoms in total. The van der Waals surface area contributed by atoms with Crippen LogP contribution in [0.2, 0.25) is 0 Å². The Balaban J connectivity index is 3.09. The zero-order chi connectivity index (χ0) is 12.3. The summed E-state index contributed by atoms with van der Waals surface area (Å²) in [5.74, 6) is 0.943. The fraction of sp³-hybridized carbons (Fsp3) is 0.769. The van der Waals surface area contributed by atoms with Gasteiger partial charge in [0.2, 0.25) is 5.88 Å². The molecule has 0 saturated heterocycles. The minimum absolute atomic E-state index is 0.219. The van der Waals surface area contributed by atoms with Gasteiger partial charge in [-0.1, -0.05) is 27.2 Å². The fourth-order valence-corrected chi connectivity index (χ4v) is 1.92. The molecule has 1 rings (SSSR count). The molecule has 0 amide bonds. The number of hydrogen-bond donors (Lipinski definition) is 1. The second-order valence-electron chi connectivity index (χ2n) is 5.14. The molecule has 0 aliphatic carbocycles. The predicted molar refractivity (Wildman–Crippen MR) is 66.8 cm³/mol. The van der Waals surface area contributed by atoms with Gasteiger partial charge in [-0.3, -0.25) is 0 Å². The first-order valence-corrected chi connectivity index (χ1v) is 6.26. The van der Waals surface area contributed by atoms with Crippen molar-refractivity contribution in [1.82, 2.24) is 9.78 Å². The molecule has 0 spiro atoms. The van der Waals surface area contributed by atoms with E-state index in [1.54, 1.807) is 4.68 Å². The molecule has 0 aromatic carbocycles. The van der Waals surface area contributed by atoms with Gasteiger partial charge in [-0.25, -0.2) is 4.68 Å². The van der Waals surface area contributed by atoms with Crippen molar-refractivity contribution in [2.24, 2.45) is 5.92 Å². The first-order valence-electron chi connectivity index (χ1n) is 6.26. The summed E-state index contributed by atoms with van der Waals surface area (Å²) >= 11 is 0. The third-order valence-electron chi connectivity index (χ3n) is 2.65. The SMILES string of the molecule is CCCc1c(CC(C)C)nn(C(C)C)c1O. The van der Waals surface area contributed by atoms with Gasteiger partial charge >= 0.3 is 0 Å². The number of rotatable bonds is 5. The Bertz CT molecular complexity index is 340. The van der Waals surface area contributed by atoms with Crippen LogP contribution in [0.15, 0.2) is 0 Å². The molecule has 1 heterocycles. The second-order valence-corrected chi connectivity index (χ2v) is 5.14. The lowest BCUT2D eigenvalue weighted by Crippen LogP contribution is -2.03. The highest BCUT2D eigenvalue weighted by atomic mass is 16.3. The zero-order valence-corrected chi connectivity index (χ0v) is 11.1. The van der Waals surface area contributed by atoms with Crippen molar-refractivity contribution in [3.63, 3.8) is 0 Å². The van der Waals surface area contributed by atoms with Gasteiger partial charge in [0.05, 0.1) is 11.7 Å². The second kappa shape index (κ2) is 5.37. The van der Waals surface area contributed by atoms with Crippen LogP contribution < -0.4 is 0 Å². The van der Waals surface area contributed by atoms with Gasteiger partial charge in [0.15, 0.2) is 0 Å². The maximum atomic E-state index is 10.1. The zero-order valence-electron chi connectivity index (χ0n) is 11.1. The molecule has 0 radical (unpaired) electrons. The van der Waals surface area contributed by atoms with Gasteiger partial charge in [0.1, 0.15) is 0 Å². The van der Waals surface area contributed by atoms with Crippen LogP contribution in [-0.2, 0) is 12.8 Å². The van der Waals surface area contributed by atoms with Gasteiger partial charge in [-0.05, 0) is 32.6 Å². The Labute approximate surface area is 98.5 Å². The van der Waals surface area contributed by atoms with E-state index in [2.05, 4.69) is 25.9 Å². The average molecular weight is 224 g/mol. The van der Waals surface area contributed by atoms with Gasteiger partial charge in [0.25, 0.3) is 0 Å². The maximum Gasteiger partial charge on any atom is 0.213 e. The highest BCUT2D eigenvalue weighted by Crippen LogP contribution is 2.27. The van der Waals surface area contributed by atoms with E-state index in [-0.39, 0.29) is 6.04 Å². The standard InChI is InChI=1S/C13H24N2O/c1-6-7-11-12(8-9(2)3)14-15(10(4)5)13(11)16/h9-10,16H,6-8H2,1-5H3. The molecule has 1 aromatic rings. The lowest BCUT2D eigenvalue weighted by atomic mass is 10.0. The summed E-state index contributed by atoms with van der Waals surface area (Å²) in [6.07, 6.45) is 2.91. The first-order chi connectivity index (χ1) is 7.47. The molecule has 0 aliphatic heterocycles. The minimum Gasteiger partial charge on any atom is -0.493 e. The monoisotopic (exact) mass is 224 g/mol. The van der Waals surface area contributed by atoms with Gasteiger partial charge in [-0.15, -0.1) is 0 Å². The normalized spacial score (nSPS) is 11.7. The predicted octanol–water partition coefficient (Wildman–Crippen LogP) is 3.32. The van der Waals surface area contributed by atoms with Crippen molar-refractivity contribution < 1.29 is 5.11 Å². The molecule has 16 heavy (non-hydrogen) atoms. The fourth-order valence-electron chi connectivity index (χ4n) is 1.92. The number of nitrogens with zero attached hydrogens (tertiary/aromatic N) is 2. The topological polar surface area (TPSA) is 38.0 Å². The van der Waals surface area contributed by atoms with E-state index in [0.717, 1.165) is 30.5 Å². The minimum atomic E-state index is 0.219. The summed E-state index contributed by atoms with van der Waals surface area (Å²) in [7, 11) is 0. The largest absolute Gasteiger partial charge is 0.493 e. The number of aromatic hydroxyl groups is 1. The van der Waals surface area contributed by atoms with Crippen LogP contribution in [0.5, 0.6) is 5.88 Å². The summed E-state index contributed by atoms with van der Waals surface area (Å²) in [6, 6.07) is 0.219. The third-order valence-corrected chi connectivity index (χ3v) is 2.65. The molecule has 0 fully saturated rings. The van der Waals surface area contributed by atoms with Crippen LogP contribution in [0.4, 0.5) is 0 Å². The molecule has 0 atom stereocenters. The van der Waals surface area contributed by atoms with Crippen LogP contribution in [0, 0.1) is 5.92 Å². The average Bonchev–Trinajstić information content (AvgIpc) is 2.46. The molecule has 0 bridgehead atoms. The van der Waals surface area contributed by atoms with Gasteiger partial charge in [0, 0.05) is 5.56 Å². The maximum absolute atomic E-state index is 10.1. The van der Waals surface area contributed by atoms with Crippen LogP contribution >= 0.6 is 0 Å². The van der Waals surface area contributed by atoms with Crippen molar-refractivity contribution in [2.45, 2.75) is 59.9 Å². The van der Waals surface area contributed by atoms with Crippen molar-refractivity contribution in [3.05, 3.63) is 11.3 Å². The van der Waals surface area contributed by atoms with E-state index in [1.807, 2.05) is 13.8 Å². The molecule has 3 heteroatoms. The van der Waals surface area contributed by atoms with Crippen LogP contribution in [0.3, 0.4) is 0 Å². The van der Waals surface area contributed by atoms with E-state index >= 15 is 0 Å². The Kier molecular flexibility index (Phi) is 4.39. The Hall–Kier alpha value is -0.990. The van der Waals surface area contributed by atoms with E-state index in [4.69, 9.17) is 0 Å². The quantitative estimate of drug-likeness (QED) is 0.833. The lowest BCUT2D eigenvalue weighted by molar-refractivity contribution is 0.373. The number of aromatic nitrogens is 2. The highest BCUT2D eigenvalue weighted by molar-refractivity contribution is 5.31. The van der Waals surface area contributed by atoms with E-state index in [1.165, 1.54) is 0 Å². The Morgan fingerprint density at radius 3 is 2.31 bits per heavy atom. The van der Waals surface area contributed by atoms with E-state index < -0.39 is 0 Å². The molecule has 1 aromatic heterocycles. The third kappa shape index (κ3) is 2.77. The van der Waals surface area contributed by atoms with Crippen molar-refractivity contribution in [1.29, 1.82) is 0 Å². The summed E-state index contributed by atoms with van der Waals surface area (Å²) in [5, 5.41) is 14.7. The van der Waals surface area contributed by atoms with Crippen LogP contribution in [-0.4, -0.2) is 14.9 Å². The van der Waals surface area contributed by atoms with Gasteiger partial charge < -0.3 is 5.11 Å². The molecule has 0 unspecified atom stereocenters. The number of hydrogen-bond acceptors (Lipinski definition) is 2. The molecule has 1 N–H and O–H groups in total. The van der Waals surface area contributed by atoms with Crippen LogP contribution in [0.25, 0.3) is 0 Å². The summed E-state index contributed by atoms with van der Waals surface area (Å²) < 4.78 is 1.74. The van der Waals surface area contributed by atoms with Crippen molar-refractivity contribution in [2.75, 3.05) is 0 Å². The van der Waals surface area contributed by atoms with Crippen LogP contribution in [0.1, 0.15) is 58.3 Å².